The molecular formula is C28H23NO5S. The van der Waals surface area contributed by atoms with E-state index in [9.17, 15) is 14.7 Å². The summed E-state index contributed by atoms with van der Waals surface area (Å²) in [6.07, 6.45) is 0. The van der Waals surface area contributed by atoms with Gasteiger partial charge >= 0.3 is 0 Å². The van der Waals surface area contributed by atoms with Gasteiger partial charge in [-0.2, -0.15) is 0 Å². The van der Waals surface area contributed by atoms with Crippen molar-refractivity contribution in [3.05, 3.63) is 99.8 Å². The predicted molar refractivity (Wildman–Crippen MR) is 136 cm³/mol. The Morgan fingerprint density at radius 2 is 1.71 bits per heavy atom. The first-order valence-corrected chi connectivity index (χ1v) is 11.9. The lowest BCUT2D eigenvalue weighted by molar-refractivity contribution is -0.140. The number of Topliss-reactive ketones (excluding diaryl/α,β-unsaturated/α-hetero) is 1. The first-order valence-electron chi connectivity index (χ1n) is 11.0. The molecule has 1 aliphatic heterocycles. The number of methoxy groups -OCH3 is 2. The molecule has 1 atom stereocenters. The van der Waals surface area contributed by atoms with E-state index in [4.69, 9.17) is 9.47 Å². The molecular weight excluding hydrogens is 462 g/mol. The monoisotopic (exact) mass is 485 g/mol. The number of fused-ring (bicyclic) bond motifs is 1. The molecule has 2 heterocycles. The number of aliphatic hydroxyl groups is 1. The Kier molecular flexibility index (Phi) is 6.01. The Morgan fingerprint density at radius 3 is 2.46 bits per heavy atom. The molecule has 0 saturated carbocycles. The largest absolute Gasteiger partial charge is 0.507 e. The lowest BCUT2D eigenvalue weighted by Crippen LogP contribution is -2.29. The molecule has 0 spiro atoms. The molecule has 1 aromatic heterocycles. The number of thiophene rings is 1. The number of amides is 1. The Balaban J connectivity index is 1.77. The van der Waals surface area contributed by atoms with E-state index in [1.807, 2.05) is 53.9 Å². The number of aliphatic hydroxyl groups excluding tert-OH is 1. The van der Waals surface area contributed by atoms with Crippen LogP contribution >= 0.6 is 11.3 Å². The third-order valence-corrected chi connectivity index (χ3v) is 7.08. The average Bonchev–Trinajstić information content (AvgIpc) is 3.49. The molecule has 0 bridgehead atoms. The van der Waals surface area contributed by atoms with Crippen LogP contribution in [0.5, 0.6) is 11.5 Å². The molecule has 3 aromatic carbocycles. The van der Waals surface area contributed by atoms with Crippen molar-refractivity contribution >= 4 is 39.6 Å². The van der Waals surface area contributed by atoms with Gasteiger partial charge in [0.15, 0.2) is 11.5 Å². The molecule has 5 rings (SSSR count). The Hall–Kier alpha value is -4.10. The van der Waals surface area contributed by atoms with Crippen LogP contribution in [-0.4, -0.2) is 35.9 Å². The SMILES string of the molecule is COc1cccc(C2/C(=C(\O)c3cccc4ccccc34)C(=O)C(=O)N2Cc2cccs2)c1OC. The van der Waals surface area contributed by atoms with Crippen LogP contribution < -0.4 is 9.47 Å². The summed E-state index contributed by atoms with van der Waals surface area (Å²) in [5.74, 6) is -0.751. The molecule has 7 heteroatoms. The fourth-order valence-electron chi connectivity index (χ4n) is 4.64. The van der Waals surface area contributed by atoms with E-state index in [1.165, 1.54) is 30.5 Å². The van der Waals surface area contributed by atoms with Gasteiger partial charge in [0, 0.05) is 16.0 Å². The maximum Gasteiger partial charge on any atom is 0.295 e. The number of benzene rings is 3. The van der Waals surface area contributed by atoms with E-state index in [0.717, 1.165) is 15.6 Å². The number of hydrogen-bond acceptors (Lipinski definition) is 6. The topological polar surface area (TPSA) is 76.1 Å². The van der Waals surface area contributed by atoms with E-state index in [1.54, 1.807) is 24.3 Å². The lowest BCUT2D eigenvalue weighted by atomic mass is 9.92. The molecule has 6 nitrogen and oxygen atoms in total. The van der Waals surface area contributed by atoms with E-state index in [-0.39, 0.29) is 17.9 Å². The second-order valence-electron chi connectivity index (χ2n) is 8.12. The smallest absolute Gasteiger partial charge is 0.295 e. The first-order chi connectivity index (χ1) is 17.0. The highest BCUT2D eigenvalue weighted by atomic mass is 32.1. The number of ketones is 1. The van der Waals surface area contributed by atoms with Crippen molar-refractivity contribution in [3.63, 3.8) is 0 Å². The highest BCUT2D eigenvalue weighted by Crippen LogP contribution is 2.46. The zero-order chi connectivity index (χ0) is 24.5. The summed E-state index contributed by atoms with van der Waals surface area (Å²) in [4.78, 5) is 29.2. The van der Waals surface area contributed by atoms with Crippen molar-refractivity contribution in [2.45, 2.75) is 12.6 Å². The molecule has 4 aromatic rings. The predicted octanol–water partition coefficient (Wildman–Crippen LogP) is 5.54. The van der Waals surface area contributed by atoms with E-state index < -0.39 is 17.7 Å². The van der Waals surface area contributed by atoms with Gasteiger partial charge in [-0.25, -0.2) is 0 Å². The minimum Gasteiger partial charge on any atom is -0.507 e. The minimum absolute atomic E-state index is 0.0227. The lowest BCUT2D eigenvalue weighted by Gasteiger charge is -2.27. The second kappa shape index (κ2) is 9.27. The van der Waals surface area contributed by atoms with Gasteiger partial charge < -0.3 is 19.5 Å². The van der Waals surface area contributed by atoms with Crippen molar-refractivity contribution < 1.29 is 24.2 Å². The Morgan fingerprint density at radius 1 is 0.943 bits per heavy atom. The van der Waals surface area contributed by atoms with E-state index >= 15 is 0 Å². The fraction of sp³-hybridized carbons (Fsp3) is 0.143. The quantitative estimate of drug-likeness (QED) is 0.220. The number of nitrogens with zero attached hydrogens (tertiary/aromatic N) is 1. The molecule has 176 valence electrons. The zero-order valence-electron chi connectivity index (χ0n) is 19.2. The van der Waals surface area contributed by atoms with Crippen LogP contribution in [0.3, 0.4) is 0 Å². The van der Waals surface area contributed by atoms with Crippen LogP contribution in [0.2, 0.25) is 0 Å². The maximum atomic E-state index is 13.5. The molecule has 1 amide bonds. The van der Waals surface area contributed by atoms with Gasteiger partial charge in [-0.15, -0.1) is 11.3 Å². The van der Waals surface area contributed by atoms with Crippen molar-refractivity contribution in [2.24, 2.45) is 0 Å². The van der Waals surface area contributed by atoms with Crippen molar-refractivity contribution in [1.29, 1.82) is 0 Å². The summed E-state index contributed by atoms with van der Waals surface area (Å²) < 4.78 is 11.1. The van der Waals surface area contributed by atoms with Crippen molar-refractivity contribution in [1.82, 2.24) is 4.90 Å². The first kappa shape index (κ1) is 22.7. The van der Waals surface area contributed by atoms with Crippen LogP contribution in [0.4, 0.5) is 0 Å². The normalized spacial score (nSPS) is 17.2. The number of likely N-dealkylation sites (tertiary alicyclic amines) is 1. The van der Waals surface area contributed by atoms with Crippen LogP contribution in [0, 0.1) is 0 Å². The van der Waals surface area contributed by atoms with Gasteiger partial charge in [-0.05, 0) is 28.3 Å². The fourth-order valence-corrected chi connectivity index (χ4v) is 5.34. The highest BCUT2D eigenvalue weighted by Gasteiger charge is 2.47. The number of para-hydroxylation sites is 1. The second-order valence-corrected chi connectivity index (χ2v) is 9.15. The van der Waals surface area contributed by atoms with Crippen molar-refractivity contribution in [2.75, 3.05) is 14.2 Å². The van der Waals surface area contributed by atoms with Crippen LogP contribution in [0.25, 0.3) is 16.5 Å². The van der Waals surface area contributed by atoms with Crippen LogP contribution in [-0.2, 0) is 16.1 Å². The van der Waals surface area contributed by atoms with Crippen LogP contribution in [0.15, 0.2) is 83.7 Å². The zero-order valence-corrected chi connectivity index (χ0v) is 20.0. The van der Waals surface area contributed by atoms with E-state index in [0.29, 0.717) is 22.6 Å². The molecule has 1 unspecified atom stereocenters. The molecule has 1 N–H and O–H groups in total. The Bertz CT molecular complexity index is 1450. The van der Waals surface area contributed by atoms with Gasteiger partial charge in [0.1, 0.15) is 5.76 Å². The Labute approximate surface area is 206 Å². The molecule has 1 aliphatic rings. The molecule has 1 saturated heterocycles. The summed E-state index contributed by atoms with van der Waals surface area (Å²) in [6, 6.07) is 21.4. The summed E-state index contributed by atoms with van der Waals surface area (Å²) in [7, 11) is 3.04. The van der Waals surface area contributed by atoms with Gasteiger partial charge in [-0.1, -0.05) is 60.7 Å². The number of carbonyl (C=O) groups excluding carboxylic acids is 2. The van der Waals surface area contributed by atoms with Gasteiger partial charge in [0.25, 0.3) is 11.7 Å². The van der Waals surface area contributed by atoms with Crippen LogP contribution in [0.1, 0.15) is 22.0 Å². The molecule has 1 fully saturated rings. The summed E-state index contributed by atoms with van der Waals surface area (Å²) in [6.45, 7) is 0.222. The standard InChI is InChI=1S/C28H23NO5S/c1-33-22-14-6-13-21(27(22)34-2)24-23(26(31)28(32)29(24)16-18-10-7-15-35-18)25(30)20-12-5-9-17-8-3-4-11-19(17)20/h3-15,24,30H,16H2,1-2H3/b25-23+. The number of carbonyl (C=O) groups is 2. The molecule has 35 heavy (non-hydrogen) atoms. The summed E-state index contributed by atoms with van der Waals surface area (Å²) >= 11 is 1.50. The number of hydrogen-bond donors (Lipinski definition) is 1. The van der Waals surface area contributed by atoms with Crippen molar-refractivity contribution in [3.8, 4) is 11.5 Å². The third-order valence-electron chi connectivity index (χ3n) is 6.22. The summed E-state index contributed by atoms with van der Waals surface area (Å²) in [5, 5.41) is 15.2. The molecule has 0 radical (unpaired) electrons. The highest BCUT2D eigenvalue weighted by molar-refractivity contribution is 7.09. The van der Waals surface area contributed by atoms with E-state index in [2.05, 4.69) is 0 Å². The maximum absolute atomic E-state index is 13.5. The average molecular weight is 486 g/mol. The number of ether oxygens (including phenoxy) is 2. The van der Waals surface area contributed by atoms with Gasteiger partial charge in [-0.3, -0.25) is 9.59 Å². The summed E-state index contributed by atoms with van der Waals surface area (Å²) in [5.41, 5.74) is 1.07. The minimum atomic E-state index is -0.860. The third kappa shape index (κ3) is 3.84. The molecule has 0 aliphatic carbocycles. The van der Waals surface area contributed by atoms with Gasteiger partial charge in [0.05, 0.1) is 32.4 Å². The van der Waals surface area contributed by atoms with Gasteiger partial charge in [0.2, 0.25) is 0 Å². The number of rotatable bonds is 6.